The van der Waals surface area contributed by atoms with Crippen LogP contribution in [-0.4, -0.2) is 37.2 Å². The third kappa shape index (κ3) is 42.0. The van der Waals surface area contributed by atoms with Gasteiger partial charge in [-0.05, 0) is 96.3 Å². The van der Waals surface area contributed by atoms with Crippen LogP contribution in [0.15, 0.2) is 72.9 Å². The fourth-order valence-electron chi connectivity index (χ4n) is 5.96. The van der Waals surface area contributed by atoms with Gasteiger partial charge in [0.05, 0.1) is 0 Å². The Morgan fingerprint density at radius 2 is 0.768 bits per heavy atom. The third-order valence-corrected chi connectivity index (χ3v) is 9.44. The summed E-state index contributed by atoms with van der Waals surface area (Å²) in [5.74, 6) is -0.982. The van der Waals surface area contributed by atoms with Crippen molar-refractivity contribution < 1.29 is 28.6 Å². The van der Waals surface area contributed by atoms with Crippen molar-refractivity contribution >= 4 is 17.9 Å². The highest BCUT2D eigenvalue weighted by molar-refractivity contribution is 5.71. The summed E-state index contributed by atoms with van der Waals surface area (Å²) in [5, 5.41) is 0. The summed E-state index contributed by atoms with van der Waals surface area (Å²) in [6.07, 6.45) is 54.6. The van der Waals surface area contributed by atoms with Crippen LogP contribution >= 0.6 is 0 Å². The number of rotatable bonds is 40. The lowest BCUT2D eigenvalue weighted by Gasteiger charge is -2.18. The van der Waals surface area contributed by atoms with E-state index in [2.05, 4.69) is 93.7 Å². The van der Waals surface area contributed by atoms with Crippen molar-refractivity contribution in [1.82, 2.24) is 0 Å². The summed E-state index contributed by atoms with van der Waals surface area (Å²) in [5.41, 5.74) is 0. The molecule has 0 rings (SSSR count). The molecule has 1 atom stereocenters. The highest BCUT2D eigenvalue weighted by Gasteiger charge is 2.19. The summed E-state index contributed by atoms with van der Waals surface area (Å²) in [4.78, 5) is 37.7. The second-order valence-corrected chi connectivity index (χ2v) is 14.9. The molecule has 0 saturated heterocycles. The van der Waals surface area contributed by atoms with Crippen LogP contribution in [0.25, 0.3) is 0 Å². The second-order valence-electron chi connectivity index (χ2n) is 14.9. The Balaban J connectivity index is 4.46. The first-order valence-electron chi connectivity index (χ1n) is 23.0. The molecule has 0 aromatic heterocycles. The van der Waals surface area contributed by atoms with Gasteiger partial charge in [0.1, 0.15) is 13.2 Å². The molecule has 0 N–H and O–H groups in total. The number of carbonyl (C=O) groups is 3. The van der Waals surface area contributed by atoms with Crippen LogP contribution in [-0.2, 0) is 28.6 Å². The first kappa shape index (κ1) is 52.9. The van der Waals surface area contributed by atoms with Gasteiger partial charge in [-0.3, -0.25) is 14.4 Å². The predicted molar refractivity (Wildman–Crippen MR) is 238 cm³/mol. The van der Waals surface area contributed by atoms with E-state index >= 15 is 0 Å². The minimum Gasteiger partial charge on any atom is -0.462 e. The zero-order valence-electron chi connectivity index (χ0n) is 36.4. The van der Waals surface area contributed by atoms with Gasteiger partial charge >= 0.3 is 17.9 Å². The number of unbranched alkanes of at least 4 members (excludes halogenated alkanes) is 18. The van der Waals surface area contributed by atoms with Gasteiger partial charge in [-0.2, -0.15) is 0 Å². The number of carbonyl (C=O) groups excluding carboxylic acids is 3. The minimum absolute atomic E-state index is 0.102. The quantitative estimate of drug-likeness (QED) is 0.0203. The van der Waals surface area contributed by atoms with Crippen LogP contribution in [0.2, 0.25) is 0 Å². The molecule has 0 aromatic carbocycles. The highest BCUT2D eigenvalue weighted by Crippen LogP contribution is 2.13. The summed E-state index contributed by atoms with van der Waals surface area (Å²) >= 11 is 0. The summed E-state index contributed by atoms with van der Waals surface area (Å²) in [7, 11) is 0. The molecular formula is C50H84O6. The first-order valence-corrected chi connectivity index (χ1v) is 23.0. The van der Waals surface area contributed by atoms with Crippen LogP contribution in [0.1, 0.15) is 207 Å². The highest BCUT2D eigenvalue weighted by atomic mass is 16.6. The number of hydrogen-bond acceptors (Lipinski definition) is 6. The van der Waals surface area contributed by atoms with Crippen molar-refractivity contribution in [3.63, 3.8) is 0 Å². The molecule has 0 bridgehead atoms. The molecule has 0 saturated carbocycles. The maximum Gasteiger partial charge on any atom is 0.306 e. The summed E-state index contributed by atoms with van der Waals surface area (Å²) in [6.45, 7) is 6.37. The Morgan fingerprint density at radius 3 is 1.32 bits per heavy atom. The monoisotopic (exact) mass is 781 g/mol. The van der Waals surface area contributed by atoms with Crippen molar-refractivity contribution in [2.75, 3.05) is 13.2 Å². The Kier molecular flexibility index (Phi) is 42.1. The molecule has 0 amide bonds. The third-order valence-electron chi connectivity index (χ3n) is 9.44. The zero-order valence-corrected chi connectivity index (χ0v) is 36.4. The van der Waals surface area contributed by atoms with E-state index in [4.69, 9.17) is 14.2 Å². The number of allylic oxidation sites excluding steroid dienone is 12. The molecule has 6 nitrogen and oxygen atoms in total. The van der Waals surface area contributed by atoms with Crippen LogP contribution in [0, 0.1) is 0 Å². The topological polar surface area (TPSA) is 78.9 Å². The number of hydrogen-bond donors (Lipinski definition) is 0. The lowest BCUT2D eigenvalue weighted by molar-refractivity contribution is -0.167. The van der Waals surface area contributed by atoms with Gasteiger partial charge in [0, 0.05) is 19.3 Å². The first-order chi connectivity index (χ1) is 27.5. The maximum atomic E-state index is 12.7. The van der Waals surface area contributed by atoms with Gasteiger partial charge in [-0.15, -0.1) is 0 Å². The minimum atomic E-state index is -0.805. The van der Waals surface area contributed by atoms with Gasteiger partial charge < -0.3 is 14.2 Å². The van der Waals surface area contributed by atoms with E-state index in [9.17, 15) is 14.4 Å². The van der Waals surface area contributed by atoms with Crippen LogP contribution < -0.4 is 0 Å². The fourth-order valence-corrected chi connectivity index (χ4v) is 5.96. The lowest BCUT2D eigenvalue weighted by Crippen LogP contribution is -2.30. The summed E-state index contributed by atoms with van der Waals surface area (Å²) in [6, 6.07) is 0. The molecule has 0 fully saturated rings. The molecule has 6 heteroatoms. The van der Waals surface area contributed by atoms with Gasteiger partial charge in [0.2, 0.25) is 0 Å². The zero-order chi connectivity index (χ0) is 40.8. The van der Waals surface area contributed by atoms with Crippen molar-refractivity contribution in [3.8, 4) is 0 Å². The molecular weight excluding hydrogens is 697 g/mol. The van der Waals surface area contributed by atoms with Crippen LogP contribution in [0.3, 0.4) is 0 Å². The lowest BCUT2D eigenvalue weighted by atomic mass is 10.1. The second kappa shape index (κ2) is 44.6. The van der Waals surface area contributed by atoms with Gasteiger partial charge in [0.15, 0.2) is 6.10 Å². The standard InChI is InChI=1S/C50H84O6/c1-4-7-10-13-16-19-22-24-25-26-29-31-34-37-40-43-49(52)55-46-47(45-54-48(51)42-39-36-33-30-27-21-18-15-12-9-6-3)56-50(53)44-41-38-35-32-28-23-20-17-14-11-8-5-2/h8,11,15,17-22,27-28,32,47H,4-7,9-10,12-14,16,23-26,29-31,33-46H2,1-3H3/b11-8-,18-15-,20-17-,22-19-,27-21-,32-28-. The van der Waals surface area contributed by atoms with E-state index in [1.807, 2.05) is 0 Å². The molecule has 0 heterocycles. The van der Waals surface area contributed by atoms with E-state index in [0.717, 1.165) is 83.5 Å². The Labute approximate surface area is 344 Å². The average molecular weight is 781 g/mol. The Bertz CT molecular complexity index is 1080. The molecule has 0 aliphatic rings. The van der Waals surface area contributed by atoms with Gasteiger partial charge in [-0.25, -0.2) is 0 Å². The molecule has 0 radical (unpaired) electrons. The predicted octanol–water partition coefficient (Wildman–Crippen LogP) is 14.7. The van der Waals surface area contributed by atoms with E-state index in [-0.39, 0.29) is 37.5 Å². The normalized spacial score (nSPS) is 12.7. The van der Waals surface area contributed by atoms with E-state index in [1.165, 1.54) is 77.0 Å². The van der Waals surface area contributed by atoms with Crippen molar-refractivity contribution in [2.24, 2.45) is 0 Å². The molecule has 56 heavy (non-hydrogen) atoms. The van der Waals surface area contributed by atoms with Crippen LogP contribution in [0.4, 0.5) is 0 Å². The molecule has 0 spiro atoms. The molecule has 0 aromatic rings. The van der Waals surface area contributed by atoms with E-state index in [0.29, 0.717) is 19.3 Å². The molecule has 1 unspecified atom stereocenters. The Morgan fingerprint density at radius 1 is 0.393 bits per heavy atom. The SMILES string of the molecule is CC/C=C\C/C=C\C/C=C\CCCCC(=O)OC(COC(=O)CCCCC/C=C\C=C/CCCC)COC(=O)CCCCCCCCC/C=C\CCCCCC. The van der Waals surface area contributed by atoms with E-state index in [1.54, 1.807) is 0 Å². The number of esters is 3. The Hall–Kier alpha value is -3.15. The smallest absolute Gasteiger partial charge is 0.306 e. The largest absolute Gasteiger partial charge is 0.462 e. The van der Waals surface area contributed by atoms with Crippen molar-refractivity contribution in [1.29, 1.82) is 0 Å². The fraction of sp³-hybridized carbons (Fsp3) is 0.700. The van der Waals surface area contributed by atoms with Crippen LogP contribution in [0.5, 0.6) is 0 Å². The van der Waals surface area contributed by atoms with Gasteiger partial charge in [-0.1, -0.05) is 164 Å². The maximum absolute atomic E-state index is 12.7. The van der Waals surface area contributed by atoms with E-state index < -0.39 is 6.10 Å². The molecule has 0 aliphatic heterocycles. The molecule has 0 aliphatic carbocycles. The summed E-state index contributed by atoms with van der Waals surface area (Å²) < 4.78 is 16.6. The van der Waals surface area contributed by atoms with Crippen molar-refractivity contribution in [3.05, 3.63) is 72.9 Å². The van der Waals surface area contributed by atoms with Crippen molar-refractivity contribution in [2.45, 2.75) is 213 Å². The molecule has 320 valence electrons. The van der Waals surface area contributed by atoms with Gasteiger partial charge in [0.25, 0.3) is 0 Å². The number of ether oxygens (including phenoxy) is 3. The average Bonchev–Trinajstić information content (AvgIpc) is 3.19.